The van der Waals surface area contributed by atoms with E-state index >= 15 is 0 Å². The van der Waals surface area contributed by atoms with Crippen LogP contribution < -0.4 is 20.2 Å². The van der Waals surface area contributed by atoms with Crippen LogP contribution in [0.1, 0.15) is 29.2 Å². The third-order valence-corrected chi connectivity index (χ3v) is 5.60. The van der Waals surface area contributed by atoms with Gasteiger partial charge < -0.3 is 14.8 Å². The van der Waals surface area contributed by atoms with E-state index in [-0.39, 0.29) is 6.61 Å². The van der Waals surface area contributed by atoms with E-state index < -0.39 is 11.8 Å². The number of amides is 2. The van der Waals surface area contributed by atoms with Crippen LogP contribution in [0.5, 0.6) is 11.5 Å². The summed E-state index contributed by atoms with van der Waals surface area (Å²) in [5.41, 5.74) is 6.13. The van der Waals surface area contributed by atoms with E-state index in [1.807, 2.05) is 39.0 Å². The Morgan fingerprint density at radius 1 is 1.00 bits per heavy atom. The van der Waals surface area contributed by atoms with Crippen molar-refractivity contribution in [1.82, 2.24) is 5.43 Å². The van der Waals surface area contributed by atoms with Gasteiger partial charge in [-0.15, -0.1) is 0 Å². The first kappa shape index (κ1) is 26.1. The smallest absolute Gasteiger partial charge is 0.329 e. The number of aryl methyl sites for hydroxylation is 1. The Morgan fingerprint density at radius 2 is 1.74 bits per heavy atom. The summed E-state index contributed by atoms with van der Waals surface area (Å²) in [6, 6.07) is 16.0. The number of anilines is 1. The fourth-order valence-corrected chi connectivity index (χ4v) is 3.48. The van der Waals surface area contributed by atoms with Gasteiger partial charge in [0.05, 0.1) is 17.8 Å². The Labute approximate surface area is 214 Å². The standard InChI is InChI=1S/C26H25Cl2N3O4/c1-4-34-23-13-19(12-21(28)24(23)35-15-18-8-10-20(27)11-9-18)14-29-31-26(33)25(32)30-22-7-5-6-16(2)17(22)3/h5-14H,4,15H2,1-3H3,(H,30,32)(H,31,33)/b29-14-. The van der Waals surface area contributed by atoms with Crippen molar-refractivity contribution in [2.75, 3.05) is 11.9 Å². The van der Waals surface area contributed by atoms with E-state index in [9.17, 15) is 9.59 Å². The lowest BCUT2D eigenvalue weighted by Crippen LogP contribution is -2.32. The number of benzene rings is 3. The molecule has 7 nitrogen and oxygen atoms in total. The number of carbonyl (C=O) groups is 2. The van der Waals surface area contributed by atoms with Crippen LogP contribution >= 0.6 is 23.2 Å². The molecule has 0 aliphatic heterocycles. The van der Waals surface area contributed by atoms with Gasteiger partial charge in [-0.2, -0.15) is 5.10 Å². The van der Waals surface area contributed by atoms with Crippen molar-refractivity contribution in [2.45, 2.75) is 27.4 Å². The van der Waals surface area contributed by atoms with Gasteiger partial charge in [-0.05, 0) is 73.4 Å². The van der Waals surface area contributed by atoms with Gasteiger partial charge in [-0.3, -0.25) is 9.59 Å². The summed E-state index contributed by atoms with van der Waals surface area (Å²) in [6.07, 6.45) is 1.36. The molecule has 3 aromatic rings. The third kappa shape index (κ3) is 7.21. The van der Waals surface area contributed by atoms with Crippen LogP contribution in [0.25, 0.3) is 0 Å². The molecule has 0 saturated carbocycles. The maximum Gasteiger partial charge on any atom is 0.329 e. The minimum Gasteiger partial charge on any atom is -0.490 e. The second kappa shape index (κ2) is 12.2. The predicted octanol–water partition coefficient (Wildman–Crippen LogP) is 5.68. The molecule has 0 spiro atoms. The van der Waals surface area contributed by atoms with Gasteiger partial charge >= 0.3 is 11.8 Å². The maximum absolute atomic E-state index is 12.2. The number of hydrazone groups is 1. The monoisotopic (exact) mass is 513 g/mol. The van der Waals surface area contributed by atoms with Crippen molar-refractivity contribution in [3.05, 3.63) is 86.9 Å². The predicted molar refractivity (Wildman–Crippen MR) is 139 cm³/mol. The summed E-state index contributed by atoms with van der Waals surface area (Å²) >= 11 is 12.4. The molecule has 0 heterocycles. The molecule has 0 saturated heterocycles. The van der Waals surface area contributed by atoms with Gasteiger partial charge in [0.1, 0.15) is 6.61 Å². The molecule has 0 aromatic heterocycles. The van der Waals surface area contributed by atoms with Crippen LogP contribution in [0.15, 0.2) is 59.7 Å². The number of ether oxygens (including phenoxy) is 2. The molecule has 0 fully saturated rings. The van der Waals surface area contributed by atoms with Crippen molar-refractivity contribution >= 4 is 46.9 Å². The minimum atomic E-state index is -0.902. The molecule has 0 atom stereocenters. The second-order valence-electron chi connectivity index (χ2n) is 7.58. The quantitative estimate of drug-likeness (QED) is 0.230. The lowest BCUT2D eigenvalue weighted by molar-refractivity contribution is -0.136. The first-order valence-electron chi connectivity index (χ1n) is 10.8. The highest BCUT2D eigenvalue weighted by Gasteiger charge is 2.15. The number of hydrogen-bond donors (Lipinski definition) is 2. The first-order valence-corrected chi connectivity index (χ1v) is 11.6. The van der Waals surface area contributed by atoms with Gasteiger partial charge in [0.2, 0.25) is 0 Å². The Bertz CT molecular complexity index is 1240. The van der Waals surface area contributed by atoms with Crippen molar-refractivity contribution in [3.8, 4) is 11.5 Å². The number of hydrogen-bond acceptors (Lipinski definition) is 5. The third-order valence-electron chi connectivity index (χ3n) is 5.07. The van der Waals surface area contributed by atoms with Crippen LogP contribution in [-0.4, -0.2) is 24.6 Å². The van der Waals surface area contributed by atoms with Crippen molar-refractivity contribution in [1.29, 1.82) is 0 Å². The molecule has 9 heteroatoms. The first-order chi connectivity index (χ1) is 16.8. The highest BCUT2D eigenvalue weighted by Crippen LogP contribution is 2.37. The molecule has 3 rings (SSSR count). The Morgan fingerprint density at radius 3 is 2.46 bits per heavy atom. The van der Waals surface area contributed by atoms with E-state index in [1.165, 1.54) is 6.21 Å². The summed E-state index contributed by atoms with van der Waals surface area (Å²) in [5.74, 6) is -0.914. The fourth-order valence-electron chi connectivity index (χ4n) is 3.08. The summed E-state index contributed by atoms with van der Waals surface area (Å²) in [4.78, 5) is 24.4. The molecular formula is C26H25Cl2N3O4. The summed E-state index contributed by atoms with van der Waals surface area (Å²) < 4.78 is 11.6. The van der Waals surface area contributed by atoms with E-state index in [0.717, 1.165) is 16.7 Å². The average Bonchev–Trinajstić information content (AvgIpc) is 2.82. The van der Waals surface area contributed by atoms with Gasteiger partial charge in [0, 0.05) is 10.7 Å². The average molecular weight is 514 g/mol. The largest absolute Gasteiger partial charge is 0.490 e. The van der Waals surface area contributed by atoms with Crippen LogP contribution in [0.3, 0.4) is 0 Å². The van der Waals surface area contributed by atoms with Crippen LogP contribution in [0.2, 0.25) is 10.0 Å². The molecule has 2 amide bonds. The number of carbonyl (C=O) groups excluding carboxylic acids is 2. The minimum absolute atomic E-state index is 0.274. The lowest BCUT2D eigenvalue weighted by atomic mass is 10.1. The zero-order valence-corrected chi connectivity index (χ0v) is 21.0. The second-order valence-corrected chi connectivity index (χ2v) is 8.42. The molecule has 0 aliphatic carbocycles. The molecule has 3 aromatic carbocycles. The SMILES string of the molecule is CCOc1cc(/C=N\NC(=O)C(=O)Nc2cccc(C)c2C)cc(Cl)c1OCc1ccc(Cl)cc1. The summed E-state index contributed by atoms with van der Waals surface area (Å²) in [5, 5.41) is 7.40. The maximum atomic E-state index is 12.2. The number of nitrogens with zero attached hydrogens (tertiary/aromatic N) is 1. The number of halogens is 2. The van der Waals surface area contributed by atoms with E-state index in [1.54, 1.807) is 36.4 Å². The van der Waals surface area contributed by atoms with Gasteiger partial charge in [-0.25, -0.2) is 5.43 Å². The highest BCUT2D eigenvalue weighted by molar-refractivity contribution is 6.39. The molecule has 182 valence electrons. The highest BCUT2D eigenvalue weighted by atomic mass is 35.5. The van der Waals surface area contributed by atoms with Crippen molar-refractivity contribution in [3.63, 3.8) is 0 Å². The lowest BCUT2D eigenvalue weighted by Gasteiger charge is -2.14. The van der Waals surface area contributed by atoms with E-state index in [2.05, 4.69) is 15.8 Å². The zero-order chi connectivity index (χ0) is 25.4. The summed E-state index contributed by atoms with van der Waals surface area (Å²) in [6.45, 7) is 6.29. The molecule has 0 bridgehead atoms. The Kier molecular flexibility index (Phi) is 9.11. The molecule has 0 radical (unpaired) electrons. The Hall–Kier alpha value is -3.55. The molecule has 0 unspecified atom stereocenters. The van der Waals surface area contributed by atoms with Crippen LogP contribution in [-0.2, 0) is 16.2 Å². The summed E-state index contributed by atoms with van der Waals surface area (Å²) in [7, 11) is 0. The fraction of sp³-hybridized carbons (Fsp3) is 0.192. The van der Waals surface area contributed by atoms with Gasteiger partial charge in [-0.1, -0.05) is 47.5 Å². The molecular weight excluding hydrogens is 489 g/mol. The molecule has 0 aliphatic rings. The molecule has 2 N–H and O–H groups in total. The van der Waals surface area contributed by atoms with Crippen LogP contribution in [0.4, 0.5) is 5.69 Å². The van der Waals surface area contributed by atoms with Crippen molar-refractivity contribution < 1.29 is 19.1 Å². The van der Waals surface area contributed by atoms with Gasteiger partial charge in [0.25, 0.3) is 0 Å². The van der Waals surface area contributed by atoms with Crippen LogP contribution in [0, 0.1) is 13.8 Å². The number of rotatable bonds is 8. The van der Waals surface area contributed by atoms with E-state index in [0.29, 0.717) is 39.4 Å². The number of nitrogens with one attached hydrogen (secondary N) is 2. The van der Waals surface area contributed by atoms with Gasteiger partial charge in [0.15, 0.2) is 11.5 Å². The zero-order valence-electron chi connectivity index (χ0n) is 19.5. The Balaban J connectivity index is 1.66. The van der Waals surface area contributed by atoms with Crippen molar-refractivity contribution in [2.24, 2.45) is 5.10 Å². The normalized spacial score (nSPS) is 10.8. The van der Waals surface area contributed by atoms with E-state index in [4.69, 9.17) is 32.7 Å². The molecule has 35 heavy (non-hydrogen) atoms. The topological polar surface area (TPSA) is 89.0 Å².